The van der Waals surface area contributed by atoms with Gasteiger partial charge in [-0.2, -0.15) is 0 Å². The molecule has 0 spiro atoms. The van der Waals surface area contributed by atoms with Crippen LogP contribution in [-0.4, -0.2) is 4.98 Å². The molecule has 1 aromatic heterocycles. The van der Waals surface area contributed by atoms with Crippen LogP contribution in [0.2, 0.25) is 5.02 Å². The van der Waals surface area contributed by atoms with Crippen molar-refractivity contribution in [3.05, 3.63) is 58.4 Å². The van der Waals surface area contributed by atoms with Crippen molar-refractivity contribution in [2.75, 3.05) is 5.32 Å². The standard InChI is InChI=1S/C14H11ClF2N2/c15-10-6-9(16)7-11(17)14(10)19-12-4-3-8-2-1-5-18-13(8)12/h1-2,5-7,12,19H,3-4H2. The number of fused-ring (bicyclic) bond motifs is 1. The van der Waals surface area contributed by atoms with Gasteiger partial charge in [0.05, 0.1) is 22.4 Å². The van der Waals surface area contributed by atoms with Crippen molar-refractivity contribution in [2.45, 2.75) is 18.9 Å². The number of benzene rings is 1. The third kappa shape index (κ3) is 2.28. The largest absolute Gasteiger partial charge is 0.373 e. The fraction of sp³-hybridized carbons (Fsp3) is 0.214. The van der Waals surface area contributed by atoms with Gasteiger partial charge in [0.25, 0.3) is 0 Å². The van der Waals surface area contributed by atoms with Crippen molar-refractivity contribution in [1.29, 1.82) is 0 Å². The van der Waals surface area contributed by atoms with Crippen LogP contribution in [0.5, 0.6) is 0 Å². The summed E-state index contributed by atoms with van der Waals surface area (Å²) in [6.45, 7) is 0. The summed E-state index contributed by atoms with van der Waals surface area (Å²) in [5.41, 5.74) is 2.19. The van der Waals surface area contributed by atoms with E-state index >= 15 is 0 Å². The van der Waals surface area contributed by atoms with Crippen molar-refractivity contribution in [3.63, 3.8) is 0 Å². The van der Waals surface area contributed by atoms with Crippen molar-refractivity contribution >= 4 is 17.3 Å². The van der Waals surface area contributed by atoms with E-state index in [-0.39, 0.29) is 16.8 Å². The number of aryl methyl sites for hydroxylation is 1. The van der Waals surface area contributed by atoms with Crippen LogP contribution < -0.4 is 5.32 Å². The zero-order chi connectivity index (χ0) is 13.4. The van der Waals surface area contributed by atoms with Crippen LogP contribution >= 0.6 is 11.6 Å². The van der Waals surface area contributed by atoms with Gasteiger partial charge in [-0.1, -0.05) is 17.7 Å². The van der Waals surface area contributed by atoms with Crippen molar-refractivity contribution in [2.24, 2.45) is 0 Å². The average molecular weight is 281 g/mol. The van der Waals surface area contributed by atoms with Gasteiger partial charge >= 0.3 is 0 Å². The van der Waals surface area contributed by atoms with Crippen LogP contribution in [0, 0.1) is 11.6 Å². The first-order valence-electron chi connectivity index (χ1n) is 6.00. The first-order valence-corrected chi connectivity index (χ1v) is 6.38. The summed E-state index contributed by atoms with van der Waals surface area (Å²) >= 11 is 5.88. The van der Waals surface area contributed by atoms with Gasteiger partial charge in [-0.05, 0) is 30.5 Å². The number of aromatic nitrogens is 1. The molecule has 1 N–H and O–H groups in total. The van der Waals surface area contributed by atoms with E-state index in [1.54, 1.807) is 6.20 Å². The van der Waals surface area contributed by atoms with E-state index < -0.39 is 11.6 Å². The van der Waals surface area contributed by atoms with E-state index in [1.807, 2.05) is 12.1 Å². The van der Waals surface area contributed by atoms with Crippen LogP contribution in [0.15, 0.2) is 30.5 Å². The Morgan fingerprint density at radius 2 is 2.16 bits per heavy atom. The summed E-state index contributed by atoms with van der Waals surface area (Å²) in [4.78, 5) is 4.31. The molecule has 0 fully saturated rings. The van der Waals surface area contributed by atoms with Crippen molar-refractivity contribution in [1.82, 2.24) is 4.98 Å². The molecular formula is C14H11ClF2N2. The molecule has 0 aliphatic heterocycles. The lowest BCUT2D eigenvalue weighted by Gasteiger charge is -2.16. The second kappa shape index (κ2) is 4.78. The maximum absolute atomic E-state index is 13.7. The quantitative estimate of drug-likeness (QED) is 0.895. The number of nitrogens with one attached hydrogen (secondary N) is 1. The summed E-state index contributed by atoms with van der Waals surface area (Å²) < 4.78 is 26.7. The van der Waals surface area contributed by atoms with Gasteiger partial charge in [-0.3, -0.25) is 4.98 Å². The molecule has 2 nitrogen and oxygen atoms in total. The molecule has 3 rings (SSSR count). The Morgan fingerprint density at radius 3 is 2.95 bits per heavy atom. The first kappa shape index (κ1) is 12.4. The Kier molecular flexibility index (Phi) is 3.11. The predicted octanol–water partition coefficient (Wildman–Crippen LogP) is 4.11. The SMILES string of the molecule is Fc1cc(F)c(NC2CCc3cccnc32)c(Cl)c1. The molecular weight excluding hydrogens is 270 g/mol. The molecule has 19 heavy (non-hydrogen) atoms. The van der Waals surface area contributed by atoms with E-state index in [0.717, 1.165) is 36.2 Å². The molecule has 0 saturated carbocycles. The summed E-state index contributed by atoms with van der Waals surface area (Å²) in [5, 5.41) is 3.07. The van der Waals surface area contributed by atoms with E-state index in [2.05, 4.69) is 10.3 Å². The van der Waals surface area contributed by atoms with Crippen LogP contribution in [0.1, 0.15) is 23.7 Å². The minimum Gasteiger partial charge on any atom is -0.373 e. The van der Waals surface area contributed by atoms with E-state index in [0.29, 0.717) is 0 Å². The Bertz CT molecular complexity index is 608. The normalized spacial score (nSPS) is 17.3. The van der Waals surface area contributed by atoms with Gasteiger partial charge in [-0.15, -0.1) is 0 Å². The lowest BCUT2D eigenvalue weighted by atomic mass is 10.2. The Balaban J connectivity index is 1.92. The van der Waals surface area contributed by atoms with Crippen LogP contribution in [0.4, 0.5) is 14.5 Å². The Morgan fingerprint density at radius 1 is 1.32 bits per heavy atom. The third-order valence-corrected chi connectivity index (χ3v) is 3.58. The highest BCUT2D eigenvalue weighted by atomic mass is 35.5. The molecule has 1 atom stereocenters. The highest BCUT2D eigenvalue weighted by Crippen LogP contribution is 2.35. The Hall–Kier alpha value is -1.68. The van der Waals surface area contributed by atoms with Gasteiger partial charge in [0.15, 0.2) is 5.82 Å². The number of halogens is 3. The molecule has 98 valence electrons. The fourth-order valence-corrected chi connectivity index (χ4v) is 2.66. The van der Waals surface area contributed by atoms with Gasteiger partial charge in [0.1, 0.15) is 5.82 Å². The summed E-state index contributed by atoms with van der Waals surface area (Å²) in [6.07, 6.45) is 3.42. The molecule has 0 amide bonds. The molecule has 1 unspecified atom stereocenters. The second-order valence-corrected chi connectivity index (χ2v) is 4.93. The van der Waals surface area contributed by atoms with Gasteiger partial charge in [0, 0.05) is 12.3 Å². The molecule has 1 aliphatic rings. The van der Waals surface area contributed by atoms with Gasteiger partial charge in [-0.25, -0.2) is 8.78 Å². The smallest absolute Gasteiger partial charge is 0.150 e. The van der Waals surface area contributed by atoms with Crippen molar-refractivity contribution in [3.8, 4) is 0 Å². The lowest BCUT2D eigenvalue weighted by Crippen LogP contribution is -2.10. The third-order valence-electron chi connectivity index (χ3n) is 3.28. The molecule has 2 aromatic rings. The number of nitrogens with zero attached hydrogens (tertiary/aromatic N) is 1. The molecule has 1 aromatic carbocycles. The fourth-order valence-electron chi connectivity index (χ4n) is 2.41. The molecule has 1 aliphatic carbocycles. The van der Waals surface area contributed by atoms with E-state index in [1.165, 1.54) is 0 Å². The number of pyridine rings is 1. The Labute approximate surface area is 114 Å². The second-order valence-electron chi connectivity index (χ2n) is 4.53. The zero-order valence-electron chi connectivity index (χ0n) is 9.96. The van der Waals surface area contributed by atoms with Gasteiger partial charge in [0.2, 0.25) is 0 Å². The topological polar surface area (TPSA) is 24.9 Å². The van der Waals surface area contributed by atoms with Crippen LogP contribution in [-0.2, 0) is 6.42 Å². The van der Waals surface area contributed by atoms with E-state index in [9.17, 15) is 8.78 Å². The van der Waals surface area contributed by atoms with Crippen LogP contribution in [0.3, 0.4) is 0 Å². The average Bonchev–Trinajstić information content (AvgIpc) is 2.77. The minimum atomic E-state index is -0.686. The van der Waals surface area contributed by atoms with Crippen LogP contribution in [0.25, 0.3) is 0 Å². The highest BCUT2D eigenvalue weighted by Gasteiger charge is 2.25. The first-order chi connectivity index (χ1) is 9.15. The number of hydrogen-bond acceptors (Lipinski definition) is 2. The molecule has 0 saturated heterocycles. The molecule has 0 radical (unpaired) electrons. The molecule has 5 heteroatoms. The molecule has 0 bridgehead atoms. The van der Waals surface area contributed by atoms with Crippen molar-refractivity contribution < 1.29 is 8.78 Å². The number of hydrogen-bond donors (Lipinski definition) is 1. The minimum absolute atomic E-state index is 0.0434. The lowest BCUT2D eigenvalue weighted by molar-refractivity contribution is 0.582. The maximum atomic E-state index is 13.7. The maximum Gasteiger partial charge on any atom is 0.150 e. The van der Waals surface area contributed by atoms with Gasteiger partial charge < -0.3 is 5.32 Å². The zero-order valence-corrected chi connectivity index (χ0v) is 10.7. The number of rotatable bonds is 2. The van der Waals surface area contributed by atoms with E-state index in [4.69, 9.17) is 11.6 Å². The summed E-state index contributed by atoms with van der Waals surface area (Å²) in [6, 6.07) is 5.72. The predicted molar refractivity (Wildman–Crippen MR) is 70.3 cm³/mol. The number of anilines is 1. The highest BCUT2D eigenvalue weighted by molar-refractivity contribution is 6.33. The monoisotopic (exact) mass is 280 g/mol. The molecule has 1 heterocycles. The summed E-state index contributed by atoms with van der Waals surface area (Å²) in [5.74, 6) is -1.37. The summed E-state index contributed by atoms with van der Waals surface area (Å²) in [7, 11) is 0.